The molecule has 0 heterocycles. The largest absolute Gasteiger partial charge is 0.353 e. The van der Waals surface area contributed by atoms with E-state index in [1.807, 2.05) is 0 Å². The van der Waals surface area contributed by atoms with Crippen molar-refractivity contribution < 1.29 is 17.8 Å². The van der Waals surface area contributed by atoms with Gasteiger partial charge in [0, 0.05) is 36.1 Å². The van der Waals surface area contributed by atoms with Gasteiger partial charge in [-0.2, -0.15) is 8.42 Å². The Morgan fingerprint density at radius 3 is 2.46 bits per heavy atom. The van der Waals surface area contributed by atoms with E-state index < -0.39 is 10.1 Å². The van der Waals surface area contributed by atoms with Gasteiger partial charge in [0.1, 0.15) is 0 Å². The third-order valence-electron chi connectivity index (χ3n) is 1.06. The Labute approximate surface area is 99.6 Å². The molecule has 0 aliphatic heterocycles. The smallest absolute Gasteiger partial charge is 0.264 e. The molecule has 0 aromatic rings. The van der Waals surface area contributed by atoms with E-state index in [-0.39, 0.29) is 54.2 Å². The van der Waals surface area contributed by atoms with Crippen LogP contribution in [0.3, 0.4) is 0 Å². The van der Waals surface area contributed by atoms with Gasteiger partial charge >= 0.3 is 0 Å². The Kier molecular flexibility index (Phi) is 9.01. The van der Waals surface area contributed by atoms with Crippen LogP contribution in [0.5, 0.6) is 0 Å². The number of carbonyl (C=O) groups is 1. The summed E-state index contributed by atoms with van der Waals surface area (Å²) in [7, 11) is -3.91. The molecule has 7 heteroatoms. The van der Waals surface area contributed by atoms with Crippen LogP contribution in [-0.2, 0) is 14.9 Å². The fourth-order valence-corrected chi connectivity index (χ4v) is 1.05. The Balaban J connectivity index is 0. The van der Waals surface area contributed by atoms with Crippen molar-refractivity contribution in [3.63, 3.8) is 0 Å². The molecule has 0 atom stereocenters. The molecule has 5 nitrogen and oxygen atoms in total. The molecular weight excluding hydrogens is 205 g/mol. The molecule has 0 aliphatic rings. The number of rotatable bonds is 5. The molecule has 0 bridgehead atoms. The Morgan fingerprint density at radius 2 is 2.08 bits per heavy atom. The van der Waals surface area contributed by atoms with Crippen molar-refractivity contribution in [3.05, 3.63) is 12.7 Å². The Morgan fingerprint density at radius 1 is 1.54 bits per heavy atom. The fraction of sp³-hybridized carbons (Fsp3) is 0.500. The van der Waals surface area contributed by atoms with E-state index in [0.29, 0.717) is 0 Å². The van der Waals surface area contributed by atoms with Crippen LogP contribution in [0.15, 0.2) is 12.7 Å². The number of nitrogens with one attached hydrogen (secondary N) is 1. The normalized spacial score (nSPS) is 9.92. The Hall–Kier alpha value is 0.120. The van der Waals surface area contributed by atoms with Crippen molar-refractivity contribution in [3.8, 4) is 0 Å². The van der Waals surface area contributed by atoms with Crippen LogP contribution in [-0.4, -0.2) is 60.7 Å². The van der Waals surface area contributed by atoms with E-state index in [0.717, 1.165) is 6.08 Å². The quantitative estimate of drug-likeness (QED) is 0.272. The van der Waals surface area contributed by atoms with Gasteiger partial charge in [0.2, 0.25) is 5.91 Å². The van der Waals surface area contributed by atoms with Gasteiger partial charge in [-0.3, -0.25) is 9.35 Å². The topological polar surface area (TPSA) is 83.5 Å². The summed E-state index contributed by atoms with van der Waals surface area (Å²) in [6, 6.07) is 0. The van der Waals surface area contributed by atoms with Gasteiger partial charge in [0.05, 0.1) is 5.75 Å². The molecule has 0 spiro atoms. The van der Waals surface area contributed by atoms with E-state index in [2.05, 4.69) is 11.9 Å². The maximum absolute atomic E-state index is 10.5. The molecule has 2 N–H and O–H groups in total. The first-order valence-electron chi connectivity index (χ1n) is 3.31. The van der Waals surface area contributed by atoms with Gasteiger partial charge in [-0.15, -0.1) is 0 Å². The van der Waals surface area contributed by atoms with Gasteiger partial charge in [-0.25, -0.2) is 0 Å². The standard InChI is InChI=1S/C6H11NO4S.Na/c1-2-6(8)7-4-3-5-12(9,10)11;/h2H,1,3-5H2,(H,7,8)(H,9,10,11);. The predicted octanol–water partition coefficient (Wildman–Crippen LogP) is -0.814. The summed E-state index contributed by atoms with van der Waals surface area (Å²) in [6.07, 6.45) is 1.28. The number of amides is 1. The van der Waals surface area contributed by atoms with E-state index in [4.69, 9.17) is 4.55 Å². The van der Waals surface area contributed by atoms with Gasteiger partial charge in [0.15, 0.2) is 0 Å². The van der Waals surface area contributed by atoms with Crippen LogP contribution in [0.2, 0.25) is 0 Å². The first-order chi connectivity index (χ1) is 5.45. The number of carbonyl (C=O) groups excluding carboxylic acids is 1. The van der Waals surface area contributed by atoms with Crippen LogP contribution >= 0.6 is 0 Å². The SMILES string of the molecule is C=CC(=O)NCCCS(=O)(=O)O.[Na]. The van der Waals surface area contributed by atoms with Crippen molar-refractivity contribution in [1.29, 1.82) is 0 Å². The molecule has 0 saturated heterocycles. The monoisotopic (exact) mass is 216 g/mol. The summed E-state index contributed by atoms with van der Waals surface area (Å²) in [5.74, 6) is -0.699. The zero-order chi connectivity index (χ0) is 9.61. The molecule has 0 rings (SSSR count). The van der Waals surface area contributed by atoms with Gasteiger partial charge in [-0.05, 0) is 12.5 Å². The van der Waals surface area contributed by atoms with Crippen molar-refractivity contribution in [2.75, 3.05) is 12.3 Å². The second-order valence-electron chi connectivity index (χ2n) is 2.13. The maximum Gasteiger partial charge on any atom is 0.264 e. The molecule has 1 radical (unpaired) electrons. The average Bonchev–Trinajstić information content (AvgIpc) is 1.96. The summed E-state index contributed by atoms with van der Waals surface area (Å²) in [4.78, 5) is 10.5. The Bertz CT molecular complexity index is 262. The minimum Gasteiger partial charge on any atom is -0.353 e. The predicted molar refractivity (Wildman–Crippen MR) is 50.0 cm³/mol. The molecule has 1 amide bonds. The molecule has 0 saturated carbocycles. The van der Waals surface area contributed by atoms with Crippen molar-refractivity contribution in [2.24, 2.45) is 0 Å². The first kappa shape index (κ1) is 15.6. The number of hydrogen-bond acceptors (Lipinski definition) is 3. The van der Waals surface area contributed by atoms with Crippen LogP contribution < -0.4 is 5.32 Å². The molecular formula is C6H11NNaO4S. The third-order valence-corrected chi connectivity index (χ3v) is 1.87. The molecule has 0 aromatic heterocycles. The van der Waals surface area contributed by atoms with Gasteiger partial charge < -0.3 is 5.32 Å². The second kappa shape index (κ2) is 7.52. The van der Waals surface area contributed by atoms with Crippen LogP contribution in [0.25, 0.3) is 0 Å². The van der Waals surface area contributed by atoms with Gasteiger partial charge in [0.25, 0.3) is 10.1 Å². The molecule has 0 fully saturated rings. The summed E-state index contributed by atoms with van der Waals surface area (Å²) < 4.78 is 28.6. The van der Waals surface area contributed by atoms with Crippen LogP contribution in [0.4, 0.5) is 0 Å². The maximum atomic E-state index is 10.5. The molecule has 0 aromatic carbocycles. The summed E-state index contributed by atoms with van der Waals surface area (Å²) in [6.45, 7) is 3.42. The van der Waals surface area contributed by atoms with Crippen molar-refractivity contribution in [1.82, 2.24) is 5.32 Å². The molecule has 13 heavy (non-hydrogen) atoms. The van der Waals surface area contributed by atoms with Crippen LogP contribution in [0.1, 0.15) is 6.42 Å². The molecule has 71 valence electrons. The average molecular weight is 216 g/mol. The second-order valence-corrected chi connectivity index (χ2v) is 3.71. The number of hydrogen-bond donors (Lipinski definition) is 2. The zero-order valence-electron chi connectivity index (χ0n) is 7.49. The van der Waals surface area contributed by atoms with Crippen molar-refractivity contribution in [2.45, 2.75) is 6.42 Å². The summed E-state index contributed by atoms with van der Waals surface area (Å²) in [5, 5.41) is 2.37. The zero-order valence-corrected chi connectivity index (χ0v) is 10.3. The third kappa shape index (κ3) is 12.1. The van der Waals surface area contributed by atoms with Gasteiger partial charge in [-0.1, -0.05) is 6.58 Å². The van der Waals surface area contributed by atoms with Crippen LogP contribution in [0, 0.1) is 0 Å². The van der Waals surface area contributed by atoms with E-state index in [9.17, 15) is 13.2 Å². The minimum absolute atomic E-state index is 0. The minimum atomic E-state index is -3.91. The van der Waals surface area contributed by atoms with Crippen molar-refractivity contribution >= 4 is 45.6 Å². The van der Waals surface area contributed by atoms with E-state index in [1.165, 1.54) is 0 Å². The van der Waals surface area contributed by atoms with E-state index in [1.54, 1.807) is 0 Å². The summed E-state index contributed by atoms with van der Waals surface area (Å²) in [5.41, 5.74) is 0. The molecule has 0 aliphatic carbocycles. The molecule has 0 unspecified atom stereocenters. The summed E-state index contributed by atoms with van der Waals surface area (Å²) >= 11 is 0. The van der Waals surface area contributed by atoms with E-state index >= 15 is 0 Å². The fourth-order valence-electron chi connectivity index (χ4n) is 0.538. The first-order valence-corrected chi connectivity index (χ1v) is 4.92.